The van der Waals surface area contributed by atoms with E-state index in [1.165, 1.54) is 26.1 Å². The van der Waals surface area contributed by atoms with Crippen molar-refractivity contribution in [2.24, 2.45) is 5.73 Å². The summed E-state index contributed by atoms with van der Waals surface area (Å²) >= 11 is 0. The van der Waals surface area contributed by atoms with Gasteiger partial charge in [-0.1, -0.05) is 0 Å². The molecule has 1 aromatic carbocycles. The van der Waals surface area contributed by atoms with Gasteiger partial charge < -0.3 is 16.8 Å². The number of nitrogen functional groups attached to an aromatic ring is 1. The molecule has 0 heterocycles. The molecule has 0 bridgehead atoms. The van der Waals surface area contributed by atoms with Crippen LogP contribution in [-0.2, 0) is 14.8 Å². The van der Waals surface area contributed by atoms with E-state index in [1.807, 2.05) is 0 Å². The Labute approximate surface area is 116 Å². The summed E-state index contributed by atoms with van der Waals surface area (Å²) in [5.41, 5.74) is 10.6. The van der Waals surface area contributed by atoms with Gasteiger partial charge in [0.2, 0.25) is 21.8 Å². The fourth-order valence-electron chi connectivity index (χ4n) is 1.51. The van der Waals surface area contributed by atoms with E-state index in [-0.39, 0.29) is 16.1 Å². The molecule has 0 aliphatic carbocycles. The highest BCUT2D eigenvalue weighted by Crippen LogP contribution is 2.19. The molecule has 9 heteroatoms. The Morgan fingerprint density at radius 2 is 1.90 bits per heavy atom. The second-order valence-electron chi connectivity index (χ2n) is 4.07. The summed E-state index contributed by atoms with van der Waals surface area (Å²) in [7, 11) is -2.58. The van der Waals surface area contributed by atoms with Crippen LogP contribution in [0.25, 0.3) is 0 Å². The molecular weight excluding hydrogens is 284 g/mol. The van der Waals surface area contributed by atoms with Crippen LogP contribution in [0.15, 0.2) is 23.1 Å². The van der Waals surface area contributed by atoms with E-state index in [1.54, 1.807) is 0 Å². The largest absolute Gasteiger partial charge is 0.398 e. The van der Waals surface area contributed by atoms with Crippen LogP contribution in [0.2, 0.25) is 0 Å². The minimum Gasteiger partial charge on any atom is -0.398 e. The number of sulfonamides is 1. The van der Waals surface area contributed by atoms with Gasteiger partial charge in [-0.25, -0.2) is 8.42 Å². The van der Waals surface area contributed by atoms with Crippen LogP contribution < -0.4 is 21.5 Å². The first-order chi connectivity index (χ1) is 9.19. The summed E-state index contributed by atoms with van der Waals surface area (Å²) in [6.45, 7) is 1.39. The molecule has 0 fully saturated rings. The van der Waals surface area contributed by atoms with Gasteiger partial charge in [0.1, 0.15) is 4.90 Å². The van der Waals surface area contributed by atoms with E-state index in [4.69, 9.17) is 11.5 Å². The zero-order valence-electron chi connectivity index (χ0n) is 11.0. The van der Waals surface area contributed by atoms with Crippen LogP contribution in [-0.4, -0.2) is 33.3 Å². The number of primary amides is 1. The lowest BCUT2D eigenvalue weighted by Crippen LogP contribution is -2.43. The van der Waals surface area contributed by atoms with Crippen LogP contribution in [0.4, 0.5) is 5.69 Å². The summed E-state index contributed by atoms with van der Waals surface area (Å²) in [5.74, 6) is -1.20. The quantitative estimate of drug-likeness (QED) is 0.504. The predicted octanol–water partition coefficient (Wildman–Crippen LogP) is -1.22. The molecular formula is C11H16N4O4S. The summed E-state index contributed by atoms with van der Waals surface area (Å²) in [4.78, 5) is 22.1. The van der Waals surface area contributed by atoms with Crippen LogP contribution in [0, 0.1) is 0 Å². The molecule has 0 saturated carbocycles. The molecule has 1 unspecified atom stereocenters. The van der Waals surface area contributed by atoms with Crippen molar-refractivity contribution in [3.63, 3.8) is 0 Å². The van der Waals surface area contributed by atoms with E-state index in [0.717, 1.165) is 6.07 Å². The van der Waals surface area contributed by atoms with Gasteiger partial charge in [0.15, 0.2) is 0 Å². The molecule has 110 valence electrons. The molecule has 0 aliphatic rings. The lowest BCUT2D eigenvalue weighted by molar-refractivity contribution is -0.121. The SMILES string of the molecule is CNC(=O)C(C)NS(=O)(=O)c1ccc(C(N)=O)cc1N. The Hall–Kier alpha value is -2.13. The van der Waals surface area contributed by atoms with Crippen LogP contribution in [0.5, 0.6) is 0 Å². The lowest BCUT2D eigenvalue weighted by Gasteiger charge is -2.14. The number of benzene rings is 1. The molecule has 8 nitrogen and oxygen atoms in total. The van der Waals surface area contributed by atoms with Crippen LogP contribution in [0.1, 0.15) is 17.3 Å². The van der Waals surface area contributed by atoms with E-state index < -0.39 is 27.9 Å². The Morgan fingerprint density at radius 3 is 2.35 bits per heavy atom. The maximum absolute atomic E-state index is 12.1. The maximum Gasteiger partial charge on any atom is 0.248 e. The minimum absolute atomic E-state index is 0.0980. The lowest BCUT2D eigenvalue weighted by atomic mass is 10.2. The number of hydrogen-bond acceptors (Lipinski definition) is 5. The zero-order chi connectivity index (χ0) is 15.5. The summed E-state index contributed by atoms with van der Waals surface area (Å²) in [5, 5.41) is 2.32. The van der Waals surface area contributed by atoms with Gasteiger partial charge in [-0.15, -0.1) is 0 Å². The third-order valence-corrected chi connectivity index (χ3v) is 4.17. The number of likely N-dealkylation sites (N-methyl/N-ethyl adjacent to an activating group) is 1. The third-order valence-electron chi connectivity index (χ3n) is 2.56. The minimum atomic E-state index is -3.98. The normalized spacial score (nSPS) is 12.7. The standard InChI is InChI=1S/C11H16N4O4S/c1-6(11(17)14-2)15-20(18,19)9-4-3-7(10(13)16)5-8(9)12/h3-6,15H,12H2,1-2H3,(H2,13,16)(H,14,17). The third kappa shape index (κ3) is 3.45. The number of rotatable bonds is 5. The van der Waals surface area contributed by atoms with Gasteiger partial charge in [0.25, 0.3) is 0 Å². The smallest absolute Gasteiger partial charge is 0.248 e. The van der Waals surface area contributed by atoms with Crippen molar-refractivity contribution < 1.29 is 18.0 Å². The Morgan fingerprint density at radius 1 is 1.30 bits per heavy atom. The molecule has 6 N–H and O–H groups in total. The molecule has 2 amide bonds. The number of carbonyl (C=O) groups is 2. The molecule has 0 aromatic heterocycles. The fourth-order valence-corrected chi connectivity index (χ4v) is 2.83. The Bertz CT molecular complexity index is 642. The van der Waals surface area contributed by atoms with Crippen molar-refractivity contribution in [3.05, 3.63) is 23.8 Å². The first kappa shape index (κ1) is 15.9. The second-order valence-corrected chi connectivity index (χ2v) is 5.76. The predicted molar refractivity (Wildman–Crippen MR) is 73.2 cm³/mol. The van der Waals surface area contributed by atoms with E-state index >= 15 is 0 Å². The number of nitrogens with two attached hydrogens (primary N) is 2. The average Bonchev–Trinajstić information content (AvgIpc) is 2.36. The maximum atomic E-state index is 12.1. The van der Waals surface area contributed by atoms with Crippen molar-refractivity contribution >= 4 is 27.5 Å². The van der Waals surface area contributed by atoms with Gasteiger partial charge in [0.05, 0.1) is 11.7 Å². The molecule has 0 spiro atoms. The van der Waals surface area contributed by atoms with Crippen molar-refractivity contribution in [2.75, 3.05) is 12.8 Å². The van der Waals surface area contributed by atoms with Gasteiger partial charge in [-0.3, -0.25) is 9.59 Å². The van der Waals surface area contributed by atoms with Gasteiger partial charge in [0, 0.05) is 12.6 Å². The molecule has 1 rings (SSSR count). The highest BCUT2D eigenvalue weighted by molar-refractivity contribution is 7.89. The second kappa shape index (κ2) is 5.88. The summed E-state index contributed by atoms with van der Waals surface area (Å²) < 4.78 is 26.3. The van der Waals surface area contributed by atoms with E-state index in [0.29, 0.717) is 0 Å². The van der Waals surface area contributed by atoms with Gasteiger partial charge >= 0.3 is 0 Å². The van der Waals surface area contributed by atoms with Crippen LogP contribution in [0.3, 0.4) is 0 Å². The van der Waals surface area contributed by atoms with Crippen molar-refractivity contribution in [1.82, 2.24) is 10.0 Å². The van der Waals surface area contributed by atoms with Gasteiger partial charge in [-0.05, 0) is 25.1 Å². The number of nitrogens with one attached hydrogen (secondary N) is 2. The zero-order valence-corrected chi connectivity index (χ0v) is 11.8. The number of amides is 2. The Kier molecular flexibility index (Phi) is 4.69. The monoisotopic (exact) mass is 300 g/mol. The molecule has 0 aliphatic heterocycles. The topological polar surface area (TPSA) is 144 Å². The molecule has 1 atom stereocenters. The van der Waals surface area contributed by atoms with Crippen molar-refractivity contribution in [1.29, 1.82) is 0 Å². The number of hydrogen-bond donors (Lipinski definition) is 4. The fraction of sp³-hybridized carbons (Fsp3) is 0.273. The molecule has 1 aromatic rings. The summed E-state index contributed by atoms with van der Waals surface area (Å²) in [6, 6.07) is 2.62. The molecule has 0 radical (unpaired) electrons. The first-order valence-electron chi connectivity index (χ1n) is 5.62. The molecule has 20 heavy (non-hydrogen) atoms. The highest BCUT2D eigenvalue weighted by atomic mass is 32.2. The summed E-state index contributed by atoms with van der Waals surface area (Å²) in [6.07, 6.45) is 0. The Balaban J connectivity index is 3.10. The van der Waals surface area contributed by atoms with Gasteiger partial charge in [-0.2, -0.15) is 4.72 Å². The van der Waals surface area contributed by atoms with Crippen LogP contribution >= 0.6 is 0 Å². The highest BCUT2D eigenvalue weighted by Gasteiger charge is 2.23. The van der Waals surface area contributed by atoms with Crippen molar-refractivity contribution in [2.45, 2.75) is 17.9 Å². The average molecular weight is 300 g/mol. The first-order valence-corrected chi connectivity index (χ1v) is 7.10. The van der Waals surface area contributed by atoms with E-state index in [2.05, 4.69) is 10.0 Å². The number of anilines is 1. The van der Waals surface area contributed by atoms with E-state index in [9.17, 15) is 18.0 Å². The molecule has 0 saturated heterocycles. The van der Waals surface area contributed by atoms with Crippen molar-refractivity contribution in [3.8, 4) is 0 Å². The number of carbonyl (C=O) groups excluding carboxylic acids is 2.